The summed E-state index contributed by atoms with van der Waals surface area (Å²) in [6.45, 7) is 5.09. The van der Waals surface area contributed by atoms with Crippen molar-refractivity contribution >= 4 is 11.6 Å². The third kappa shape index (κ3) is 4.32. The Morgan fingerprint density at radius 1 is 1.28 bits per heavy atom. The first-order valence-electron chi connectivity index (χ1n) is 9.05. The van der Waals surface area contributed by atoms with E-state index in [0.29, 0.717) is 12.8 Å². The number of nitrogens with one attached hydrogen (secondary N) is 2. The van der Waals surface area contributed by atoms with Gasteiger partial charge in [-0.2, -0.15) is 0 Å². The highest BCUT2D eigenvalue weighted by Gasteiger charge is 2.39. The molecule has 1 aromatic carbocycles. The number of anilines is 1. The van der Waals surface area contributed by atoms with E-state index in [2.05, 4.69) is 10.6 Å². The minimum Gasteiger partial charge on any atom is -0.490 e. The molecule has 2 heterocycles. The lowest BCUT2D eigenvalue weighted by Gasteiger charge is -2.34. The summed E-state index contributed by atoms with van der Waals surface area (Å²) in [5.74, 6) is 0.794. The summed E-state index contributed by atoms with van der Waals surface area (Å²) in [6, 6.07) is 5.78. The third-order valence-corrected chi connectivity index (χ3v) is 5.11. The van der Waals surface area contributed by atoms with E-state index in [-0.39, 0.29) is 12.0 Å². The molecule has 25 heavy (non-hydrogen) atoms. The largest absolute Gasteiger partial charge is 0.490 e. The highest BCUT2D eigenvalue weighted by Crippen LogP contribution is 2.28. The van der Waals surface area contributed by atoms with Gasteiger partial charge in [-0.25, -0.2) is 0 Å². The average Bonchev–Trinajstić information content (AvgIpc) is 2.65. The quantitative estimate of drug-likeness (QED) is 0.854. The number of aryl methyl sites for hydroxylation is 1. The molecule has 0 saturated carbocycles. The molecule has 1 aromatic rings. The summed E-state index contributed by atoms with van der Waals surface area (Å²) in [4.78, 5) is 12.7. The van der Waals surface area contributed by atoms with Gasteiger partial charge in [0.2, 0.25) is 0 Å². The number of piperidine rings is 1. The van der Waals surface area contributed by atoms with Crippen LogP contribution in [0.1, 0.15) is 31.2 Å². The van der Waals surface area contributed by atoms with Crippen LogP contribution in [-0.4, -0.2) is 51.0 Å². The van der Waals surface area contributed by atoms with Gasteiger partial charge in [0.15, 0.2) is 0 Å². The fourth-order valence-electron chi connectivity index (χ4n) is 3.43. The smallest absolute Gasteiger partial charge is 0.256 e. The molecule has 6 nitrogen and oxygen atoms in total. The Morgan fingerprint density at radius 2 is 2.00 bits per heavy atom. The van der Waals surface area contributed by atoms with Crippen LogP contribution in [0, 0.1) is 6.92 Å². The third-order valence-electron chi connectivity index (χ3n) is 5.11. The van der Waals surface area contributed by atoms with Crippen LogP contribution in [0.3, 0.4) is 0 Å². The highest BCUT2D eigenvalue weighted by atomic mass is 16.5. The molecule has 0 aromatic heterocycles. The average molecular weight is 348 g/mol. The number of carbonyl (C=O) groups is 1. The van der Waals surface area contributed by atoms with E-state index >= 15 is 0 Å². The van der Waals surface area contributed by atoms with Crippen molar-refractivity contribution < 1.29 is 19.0 Å². The monoisotopic (exact) mass is 348 g/mol. The Balaban J connectivity index is 1.64. The number of hydrogen-bond acceptors (Lipinski definition) is 5. The zero-order chi connectivity index (χ0) is 17.7. The first kappa shape index (κ1) is 18.2. The Hall–Kier alpha value is -1.63. The van der Waals surface area contributed by atoms with E-state index in [9.17, 15) is 4.79 Å². The van der Waals surface area contributed by atoms with E-state index in [1.807, 2.05) is 25.1 Å². The van der Waals surface area contributed by atoms with E-state index in [4.69, 9.17) is 14.2 Å². The molecule has 0 bridgehead atoms. The van der Waals surface area contributed by atoms with E-state index in [0.717, 1.165) is 56.1 Å². The van der Waals surface area contributed by atoms with E-state index in [1.165, 1.54) is 0 Å². The minimum atomic E-state index is -0.740. The van der Waals surface area contributed by atoms with Crippen LogP contribution >= 0.6 is 0 Å². The number of hydrogen-bond donors (Lipinski definition) is 2. The summed E-state index contributed by atoms with van der Waals surface area (Å²) in [5.41, 5.74) is 1.05. The molecule has 3 rings (SSSR count). The van der Waals surface area contributed by atoms with Crippen molar-refractivity contribution in [1.82, 2.24) is 5.32 Å². The van der Waals surface area contributed by atoms with Gasteiger partial charge in [0.1, 0.15) is 17.5 Å². The molecule has 2 fully saturated rings. The summed E-state index contributed by atoms with van der Waals surface area (Å²) in [5, 5.41) is 6.27. The Labute approximate surface area is 149 Å². The Morgan fingerprint density at radius 3 is 2.64 bits per heavy atom. The van der Waals surface area contributed by atoms with Gasteiger partial charge in [-0.15, -0.1) is 0 Å². The molecule has 0 radical (unpaired) electrons. The van der Waals surface area contributed by atoms with E-state index in [1.54, 1.807) is 7.11 Å². The van der Waals surface area contributed by atoms with Crippen molar-refractivity contribution in [1.29, 1.82) is 0 Å². The van der Waals surface area contributed by atoms with Crippen molar-refractivity contribution in [3.63, 3.8) is 0 Å². The second-order valence-electron chi connectivity index (χ2n) is 6.81. The molecule has 0 spiro atoms. The van der Waals surface area contributed by atoms with Gasteiger partial charge < -0.3 is 24.8 Å². The number of methoxy groups -OCH3 is 1. The van der Waals surface area contributed by atoms with Crippen LogP contribution < -0.4 is 15.4 Å². The first-order valence-corrected chi connectivity index (χ1v) is 9.05. The van der Waals surface area contributed by atoms with Gasteiger partial charge in [0.25, 0.3) is 5.91 Å². The van der Waals surface area contributed by atoms with Crippen molar-refractivity contribution in [2.75, 3.05) is 38.7 Å². The van der Waals surface area contributed by atoms with Crippen molar-refractivity contribution in [2.24, 2.45) is 0 Å². The fourth-order valence-corrected chi connectivity index (χ4v) is 3.43. The zero-order valence-corrected chi connectivity index (χ0v) is 15.1. The predicted molar refractivity (Wildman–Crippen MR) is 96.1 cm³/mol. The lowest BCUT2D eigenvalue weighted by molar-refractivity contribution is -0.140. The number of ether oxygens (including phenoxy) is 3. The maximum atomic E-state index is 12.7. The molecule has 0 aliphatic carbocycles. The van der Waals surface area contributed by atoms with Crippen molar-refractivity contribution in [2.45, 2.75) is 44.3 Å². The zero-order valence-electron chi connectivity index (χ0n) is 15.1. The number of benzene rings is 1. The maximum absolute atomic E-state index is 12.7. The molecule has 2 aliphatic heterocycles. The maximum Gasteiger partial charge on any atom is 0.256 e. The molecule has 6 heteroatoms. The number of amides is 1. The van der Waals surface area contributed by atoms with Crippen LogP contribution in [-0.2, 0) is 14.3 Å². The van der Waals surface area contributed by atoms with Gasteiger partial charge >= 0.3 is 0 Å². The summed E-state index contributed by atoms with van der Waals surface area (Å²) in [7, 11) is 1.61. The van der Waals surface area contributed by atoms with E-state index < -0.39 is 5.60 Å². The molecule has 2 saturated heterocycles. The number of carbonyl (C=O) groups excluding carboxylic acids is 1. The lowest BCUT2D eigenvalue weighted by Crippen LogP contribution is -2.51. The van der Waals surface area contributed by atoms with Crippen molar-refractivity contribution in [3.8, 4) is 5.75 Å². The lowest BCUT2D eigenvalue weighted by atomic mass is 9.91. The molecule has 2 N–H and O–H groups in total. The first-order chi connectivity index (χ1) is 12.1. The fraction of sp³-hybridized carbons (Fsp3) is 0.632. The number of rotatable bonds is 5. The second kappa shape index (κ2) is 8.17. The summed E-state index contributed by atoms with van der Waals surface area (Å²) >= 11 is 0. The van der Waals surface area contributed by atoms with Crippen LogP contribution in [0.25, 0.3) is 0 Å². The van der Waals surface area contributed by atoms with Crippen molar-refractivity contribution in [3.05, 3.63) is 23.8 Å². The van der Waals surface area contributed by atoms with Crippen LogP contribution in [0.15, 0.2) is 18.2 Å². The normalized spacial score (nSPS) is 20.9. The molecular formula is C19H28N2O4. The Bertz CT molecular complexity index is 593. The topological polar surface area (TPSA) is 68.8 Å². The van der Waals surface area contributed by atoms with Crippen LogP contribution in [0.2, 0.25) is 0 Å². The van der Waals surface area contributed by atoms with Gasteiger partial charge in [0, 0.05) is 25.6 Å². The van der Waals surface area contributed by atoms with Gasteiger partial charge in [0.05, 0.1) is 13.2 Å². The standard InChI is InChI=1S/C19H28N2O4/c1-14-13-15(3-4-17(14)25-16-5-11-24-12-6-16)21-18(22)19(23-2)7-9-20-10-8-19/h3-4,13,16,20H,5-12H2,1-2H3,(H,21,22). The van der Waals surface area contributed by atoms with Gasteiger partial charge in [-0.1, -0.05) is 0 Å². The second-order valence-corrected chi connectivity index (χ2v) is 6.81. The predicted octanol–water partition coefficient (Wildman–Crippen LogP) is 2.26. The SMILES string of the molecule is COC1(C(=O)Nc2ccc(OC3CCOCC3)c(C)c2)CCNCC1. The molecule has 138 valence electrons. The molecule has 0 unspecified atom stereocenters. The highest BCUT2D eigenvalue weighted by molar-refractivity contribution is 5.97. The van der Waals surface area contributed by atoms with Crippen LogP contribution in [0.5, 0.6) is 5.75 Å². The minimum absolute atomic E-state index is 0.0750. The molecule has 1 amide bonds. The van der Waals surface area contributed by atoms with Gasteiger partial charge in [-0.05, 0) is 56.6 Å². The van der Waals surface area contributed by atoms with Crippen LogP contribution in [0.4, 0.5) is 5.69 Å². The molecular weight excluding hydrogens is 320 g/mol. The molecule has 2 aliphatic rings. The van der Waals surface area contributed by atoms with Gasteiger partial charge in [-0.3, -0.25) is 4.79 Å². The summed E-state index contributed by atoms with van der Waals surface area (Å²) < 4.78 is 17.0. The summed E-state index contributed by atoms with van der Waals surface area (Å²) in [6.07, 6.45) is 3.41. The molecule has 0 atom stereocenters. The Kier molecular flexibility index (Phi) is 5.93.